The van der Waals surface area contributed by atoms with Crippen LogP contribution in [-0.4, -0.2) is 18.4 Å². The number of ether oxygens (including phenoxy) is 4. The molecule has 4 rings (SSSR count). The lowest BCUT2D eigenvalue weighted by Crippen LogP contribution is -2.35. The van der Waals surface area contributed by atoms with Crippen LogP contribution in [0, 0.1) is 10.8 Å². The second-order valence-corrected chi connectivity index (χ2v) is 12.0. The zero-order chi connectivity index (χ0) is 27.9. The van der Waals surface area contributed by atoms with Gasteiger partial charge < -0.3 is 18.9 Å². The predicted molar refractivity (Wildman–Crippen MR) is 144 cm³/mol. The Hall–Kier alpha value is -3.65. The monoisotopic (exact) mass is 580 g/mol. The molecule has 8 heteroatoms. The van der Waals surface area contributed by atoms with Crippen LogP contribution >= 0.6 is 15.9 Å². The molecule has 38 heavy (non-hydrogen) atoms. The van der Waals surface area contributed by atoms with Crippen LogP contribution in [0.15, 0.2) is 65.1 Å². The van der Waals surface area contributed by atoms with Gasteiger partial charge in [0.2, 0.25) is 0 Å². The third-order valence-corrected chi connectivity index (χ3v) is 6.48. The Kier molecular flexibility index (Phi) is 7.14. The standard InChI is InChI=1S/C30H29BrO7/c1-28(2,3)26(33)36-20-10-12-22-24(15-20)38-25-16-21(37-27(34)29(4,5)6)11-13-23(25)30(22,35-17-32)18-8-7-9-19(31)14-18/h7-17H,1-6H3. The highest BCUT2D eigenvalue weighted by Gasteiger charge is 2.47. The van der Waals surface area contributed by atoms with Gasteiger partial charge in [-0.2, -0.15) is 0 Å². The molecule has 0 saturated carbocycles. The number of esters is 2. The number of hydrogen-bond donors (Lipinski definition) is 0. The number of hydrogen-bond acceptors (Lipinski definition) is 7. The molecule has 0 unspecified atom stereocenters. The molecule has 3 aromatic carbocycles. The minimum atomic E-state index is -1.40. The first-order valence-corrected chi connectivity index (χ1v) is 12.8. The second-order valence-electron chi connectivity index (χ2n) is 11.1. The first-order valence-electron chi connectivity index (χ1n) is 12.0. The van der Waals surface area contributed by atoms with Crippen LogP contribution in [0.1, 0.15) is 58.2 Å². The zero-order valence-corrected chi connectivity index (χ0v) is 23.7. The van der Waals surface area contributed by atoms with Crippen molar-refractivity contribution in [2.24, 2.45) is 10.8 Å². The van der Waals surface area contributed by atoms with E-state index in [-0.39, 0.29) is 11.5 Å². The molecule has 0 fully saturated rings. The maximum absolute atomic E-state index is 12.5. The molecule has 0 aromatic heterocycles. The summed E-state index contributed by atoms with van der Waals surface area (Å²) in [5, 5.41) is 0. The minimum Gasteiger partial charge on any atom is -0.456 e. The highest BCUT2D eigenvalue weighted by atomic mass is 79.9. The summed E-state index contributed by atoms with van der Waals surface area (Å²) < 4.78 is 24.1. The van der Waals surface area contributed by atoms with Crippen LogP contribution < -0.4 is 14.2 Å². The number of rotatable bonds is 5. The third kappa shape index (κ3) is 5.18. The van der Waals surface area contributed by atoms with Crippen LogP contribution in [0.4, 0.5) is 0 Å². The van der Waals surface area contributed by atoms with E-state index in [0.29, 0.717) is 34.7 Å². The van der Waals surface area contributed by atoms with Gasteiger partial charge in [-0.3, -0.25) is 14.4 Å². The molecule has 0 radical (unpaired) electrons. The van der Waals surface area contributed by atoms with Crippen molar-refractivity contribution >= 4 is 34.3 Å². The van der Waals surface area contributed by atoms with Gasteiger partial charge in [0.1, 0.15) is 23.0 Å². The fraction of sp³-hybridized carbons (Fsp3) is 0.300. The Morgan fingerprint density at radius 1 is 0.789 bits per heavy atom. The summed E-state index contributed by atoms with van der Waals surface area (Å²) in [6.07, 6.45) is 0. The highest BCUT2D eigenvalue weighted by molar-refractivity contribution is 9.10. The van der Waals surface area contributed by atoms with Crippen LogP contribution in [0.5, 0.6) is 23.0 Å². The largest absolute Gasteiger partial charge is 0.456 e. The Morgan fingerprint density at radius 2 is 1.29 bits per heavy atom. The van der Waals surface area contributed by atoms with Gasteiger partial charge in [0.25, 0.3) is 6.47 Å². The number of halogens is 1. The molecule has 0 atom stereocenters. The first-order chi connectivity index (χ1) is 17.8. The topological polar surface area (TPSA) is 88.1 Å². The summed E-state index contributed by atoms with van der Waals surface area (Å²) in [5.41, 5.74) is -1.10. The fourth-order valence-corrected chi connectivity index (χ4v) is 4.35. The van der Waals surface area contributed by atoms with Gasteiger partial charge in [-0.15, -0.1) is 0 Å². The van der Waals surface area contributed by atoms with Crippen LogP contribution in [0.3, 0.4) is 0 Å². The van der Waals surface area contributed by atoms with Gasteiger partial charge in [-0.1, -0.05) is 28.1 Å². The van der Waals surface area contributed by atoms with E-state index in [1.807, 2.05) is 24.3 Å². The number of carbonyl (C=O) groups excluding carboxylic acids is 3. The van der Waals surface area contributed by atoms with Crippen molar-refractivity contribution in [2.45, 2.75) is 47.1 Å². The Bertz CT molecular complexity index is 1340. The van der Waals surface area contributed by atoms with Gasteiger partial charge in [-0.25, -0.2) is 0 Å². The Balaban J connectivity index is 1.91. The third-order valence-electron chi connectivity index (χ3n) is 5.99. The molecule has 3 aromatic rings. The summed E-state index contributed by atoms with van der Waals surface area (Å²) in [4.78, 5) is 37.0. The molecule has 0 spiro atoms. The van der Waals surface area contributed by atoms with Crippen molar-refractivity contribution in [3.05, 3.63) is 81.8 Å². The van der Waals surface area contributed by atoms with Crippen molar-refractivity contribution in [3.63, 3.8) is 0 Å². The van der Waals surface area contributed by atoms with Gasteiger partial charge >= 0.3 is 11.9 Å². The Morgan fingerprint density at radius 3 is 1.71 bits per heavy atom. The SMILES string of the molecule is CC(C)(C)C(=O)Oc1ccc2c(c1)Oc1cc(OC(=O)C(C)(C)C)ccc1C2(OC=O)c1cccc(Br)c1. The Labute approximate surface area is 230 Å². The molecule has 7 nitrogen and oxygen atoms in total. The van der Waals surface area contributed by atoms with E-state index in [1.54, 1.807) is 77.9 Å². The quantitative estimate of drug-likeness (QED) is 0.184. The first kappa shape index (κ1) is 27.4. The number of fused-ring (bicyclic) bond motifs is 2. The summed E-state index contributed by atoms with van der Waals surface area (Å²) >= 11 is 3.51. The van der Waals surface area contributed by atoms with E-state index in [1.165, 1.54) is 0 Å². The van der Waals surface area contributed by atoms with E-state index in [2.05, 4.69) is 15.9 Å². The summed E-state index contributed by atoms with van der Waals surface area (Å²) in [7, 11) is 0. The van der Waals surface area contributed by atoms with Crippen molar-refractivity contribution in [1.29, 1.82) is 0 Å². The van der Waals surface area contributed by atoms with Crippen molar-refractivity contribution < 1.29 is 33.3 Å². The lowest BCUT2D eigenvalue weighted by atomic mass is 9.77. The van der Waals surface area contributed by atoms with E-state index in [0.717, 1.165) is 4.47 Å². The normalized spacial score (nSPS) is 13.9. The van der Waals surface area contributed by atoms with E-state index in [9.17, 15) is 14.4 Å². The summed E-state index contributed by atoms with van der Waals surface area (Å²) in [6.45, 7) is 11.0. The molecule has 0 N–H and O–H groups in total. The highest BCUT2D eigenvalue weighted by Crippen LogP contribution is 2.54. The molecular formula is C30H29BrO7. The van der Waals surface area contributed by atoms with E-state index < -0.39 is 28.4 Å². The minimum absolute atomic E-state index is 0.275. The van der Waals surface area contributed by atoms with Gasteiger partial charge in [0.15, 0.2) is 5.60 Å². The van der Waals surface area contributed by atoms with Crippen molar-refractivity contribution in [3.8, 4) is 23.0 Å². The number of benzene rings is 3. The second kappa shape index (κ2) is 9.91. The molecule has 0 saturated heterocycles. The van der Waals surface area contributed by atoms with Gasteiger partial charge in [-0.05, 0) is 77.9 Å². The average Bonchev–Trinajstić information content (AvgIpc) is 2.82. The van der Waals surface area contributed by atoms with Gasteiger partial charge in [0.05, 0.1) is 10.8 Å². The van der Waals surface area contributed by atoms with Gasteiger partial charge in [0, 0.05) is 33.3 Å². The van der Waals surface area contributed by atoms with E-state index >= 15 is 0 Å². The molecule has 0 aliphatic carbocycles. The zero-order valence-electron chi connectivity index (χ0n) is 22.1. The number of carbonyl (C=O) groups is 3. The molecule has 0 amide bonds. The molecule has 0 bridgehead atoms. The lowest BCUT2D eigenvalue weighted by molar-refractivity contribution is -0.143. The predicted octanol–water partition coefficient (Wildman–Crippen LogP) is 6.92. The van der Waals surface area contributed by atoms with Crippen LogP contribution in [-0.2, 0) is 24.7 Å². The van der Waals surface area contributed by atoms with Crippen molar-refractivity contribution in [1.82, 2.24) is 0 Å². The smallest absolute Gasteiger partial charge is 0.316 e. The molecule has 1 aliphatic heterocycles. The maximum Gasteiger partial charge on any atom is 0.316 e. The lowest BCUT2D eigenvalue weighted by Gasteiger charge is -2.39. The maximum atomic E-state index is 12.5. The summed E-state index contributed by atoms with van der Waals surface area (Å²) in [5.74, 6) is 0.365. The molecule has 198 valence electrons. The van der Waals surface area contributed by atoms with Crippen LogP contribution in [0.25, 0.3) is 0 Å². The molecule has 1 heterocycles. The van der Waals surface area contributed by atoms with Crippen molar-refractivity contribution in [2.75, 3.05) is 0 Å². The summed E-state index contributed by atoms with van der Waals surface area (Å²) in [6, 6.07) is 17.2. The van der Waals surface area contributed by atoms with Crippen LogP contribution in [0.2, 0.25) is 0 Å². The molecule has 1 aliphatic rings. The average molecular weight is 581 g/mol. The fourth-order valence-electron chi connectivity index (χ4n) is 3.95. The molecular weight excluding hydrogens is 552 g/mol. The van der Waals surface area contributed by atoms with E-state index in [4.69, 9.17) is 18.9 Å².